The molecule has 3 rings (SSSR count). The molecule has 8 heteroatoms. The summed E-state index contributed by atoms with van der Waals surface area (Å²) < 4.78 is 33.2. The summed E-state index contributed by atoms with van der Waals surface area (Å²) in [7, 11) is -3.65. The number of hydrogen-bond acceptors (Lipinski definition) is 5. The molecule has 0 bridgehead atoms. The summed E-state index contributed by atoms with van der Waals surface area (Å²) in [5.41, 5.74) is 0.243. The molecule has 1 aliphatic heterocycles. The zero-order chi connectivity index (χ0) is 22.5. The molecule has 1 saturated heterocycles. The van der Waals surface area contributed by atoms with Crippen LogP contribution in [0.15, 0.2) is 53.7 Å². The average Bonchev–Trinajstić information content (AvgIpc) is 2.78. The molecule has 1 N–H and O–H groups in total. The lowest BCUT2D eigenvalue weighted by atomic mass is 9.78. The number of aromatic nitrogens is 1. The highest BCUT2D eigenvalue weighted by Crippen LogP contribution is 2.35. The summed E-state index contributed by atoms with van der Waals surface area (Å²) >= 11 is 0. The highest BCUT2D eigenvalue weighted by atomic mass is 32.2. The summed E-state index contributed by atoms with van der Waals surface area (Å²) in [6, 6.07) is 11.9. The maximum atomic E-state index is 13.0. The van der Waals surface area contributed by atoms with Crippen molar-refractivity contribution >= 4 is 15.9 Å². The normalized spacial score (nSPS) is 19.9. The molecule has 1 amide bonds. The minimum Gasteiger partial charge on any atom is -0.491 e. The fraction of sp³-hybridized carbons (Fsp3) is 0.478. The molecule has 0 aliphatic carbocycles. The van der Waals surface area contributed by atoms with E-state index in [1.807, 2.05) is 20.8 Å². The van der Waals surface area contributed by atoms with Crippen LogP contribution in [0.1, 0.15) is 50.4 Å². The Morgan fingerprint density at radius 1 is 1.23 bits per heavy atom. The van der Waals surface area contributed by atoms with Crippen LogP contribution in [0.4, 0.5) is 0 Å². The van der Waals surface area contributed by atoms with Crippen LogP contribution >= 0.6 is 0 Å². The summed E-state index contributed by atoms with van der Waals surface area (Å²) in [5, 5.41) is 3.08. The lowest BCUT2D eigenvalue weighted by molar-refractivity contribution is 0.0883. The molecule has 2 heterocycles. The van der Waals surface area contributed by atoms with Crippen LogP contribution in [0.2, 0.25) is 0 Å². The van der Waals surface area contributed by atoms with Crippen LogP contribution in [-0.2, 0) is 10.0 Å². The molecule has 0 radical (unpaired) electrons. The van der Waals surface area contributed by atoms with Crippen molar-refractivity contribution in [3.63, 3.8) is 0 Å². The minimum absolute atomic E-state index is 0.0645. The molecule has 7 nitrogen and oxygen atoms in total. The number of sulfonamides is 1. The fourth-order valence-electron chi connectivity index (χ4n) is 3.88. The lowest BCUT2D eigenvalue weighted by Gasteiger charge is -2.41. The van der Waals surface area contributed by atoms with Gasteiger partial charge in [0.25, 0.3) is 15.9 Å². The second-order valence-corrected chi connectivity index (χ2v) is 10.2. The Bertz CT molecular complexity index is 978. The SMILES string of the molecule is CCC1(CNC(=O)c2ccc(OC(C)C)cc2)CCCN(S(=O)(=O)c2ccccn2)C1. The third-order valence-corrected chi connectivity index (χ3v) is 7.49. The predicted octanol–water partition coefficient (Wildman–Crippen LogP) is 3.48. The van der Waals surface area contributed by atoms with E-state index in [2.05, 4.69) is 10.3 Å². The summed E-state index contributed by atoms with van der Waals surface area (Å²) in [6.07, 6.45) is 3.93. The number of rotatable bonds is 8. The quantitative estimate of drug-likeness (QED) is 0.672. The molecule has 0 spiro atoms. The van der Waals surface area contributed by atoms with Gasteiger partial charge >= 0.3 is 0 Å². The van der Waals surface area contributed by atoms with Gasteiger partial charge < -0.3 is 10.1 Å². The number of piperidine rings is 1. The smallest absolute Gasteiger partial charge is 0.260 e. The monoisotopic (exact) mass is 445 g/mol. The summed E-state index contributed by atoms with van der Waals surface area (Å²) in [4.78, 5) is 16.7. The first kappa shape index (κ1) is 23.2. The van der Waals surface area contributed by atoms with Gasteiger partial charge in [0, 0.05) is 36.8 Å². The number of amides is 1. The zero-order valence-electron chi connectivity index (χ0n) is 18.4. The third kappa shape index (κ3) is 5.62. The Morgan fingerprint density at radius 2 is 1.97 bits per heavy atom. The Hall–Kier alpha value is -2.45. The van der Waals surface area contributed by atoms with Gasteiger partial charge in [-0.1, -0.05) is 13.0 Å². The van der Waals surface area contributed by atoms with Crippen molar-refractivity contribution in [3.05, 3.63) is 54.2 Å². The van der Waals surface area contributed by atoms with Crippen molar-refractivity contribution in [2.45, 2.75) is 51.2 Å². The number of hydrogen-bond donors (Lipinski definition) is 1. The van der Waals surface area contributed by atoms with Crippen molar-refractivity contribution in [2.24, 2.45) is 5.41 Å². The molecule has 1 aromatic carbocycles. The number of carbonyl (C=O) groups excluding carboxylic acids is 1. The van der Waals surface area contributed by atoms with E-state index in [1.165, 1.54) is 16.6 Å². The molecule has 1 unspecified atom stereocenters. The second kappa shape index (κ2) is 9.78. The molecular weight excluding hydrogens is 414 g/mol. The zero-order valence-corrected chi connectivity index (χ0v) is 19.2. The number of pyridine rings is 1. The van der Waals surface area contributed by atoms with Crippen LogP contribution in [0.3, 0.4) is 0 Å². The van der Waals surface area contributed by atoms with Crippen LogP contribution in [0, 0.1) is 5.41 Å². The average molecular weight is 446 g/mol. The van der Waals surface area contributed by atoms with Crippen molar-refractivity contribution < 1.29 is 17.9 Å². The van der Waals surface area contributed by atoms with E-state index in [1.54, 1.807) is 36.4 Å². The second-order valence-electron chi connectivity index (χ2n) is 8.34. The van der Waals surface area contributed by atoms with Crippen molar-refractivity contribution in [1.29, 1.82) is 0 Å². The van der Waals surface area contributed by atoms with Crippen LogP contribution in [0.25, 0.3) is 0 Å². The lowest BCUT2D eigenvalue weighted by Crippen LogP contribution is -2.50. The van der Waals surface area contributed by atoms with Gasteiger partial charge in [-0.05, 0) is 69.5 Å². The standard InChI is InChI=1S/C23H31N3O4S/c1-4-23(16-25-22(27)19-9-11-20(12-10-19)30-18(2)3)13-7-15-26(17-23)31(28,29)21-8-5-6-14-24-21/h5-6,8-12,14,18H,4,7,13,15-17H2,1-3H3,(H,25,27). The van der Waals surface area contributed by atoms with E-state index in [-0.39, 0.29) is 22.5 Å². The highest BCUT2D eigenvalue weighted by molar-refractivity contribution is 7.89. The topological polar surface area (TPSA) is 88.6 Å². The summed E-state index contributed by atoms with van der Waals surface area (Å²) in [5.74, 6) is 0.549. The van der Waals surface area contributed by atoms with Gasteiger partial charge in [0.05, 0.1) is 6.10 Å². The molecule has 1 aliphatic rings. The van der Waals surface area contributed by atoms with Gasteiger partial charge in [-0.3, -0.25) is 4.79 Å². The molecular formula is C23H31N3O4S. The Labute approximate surface area is 184 Å². The first-order chi connectivity index (χ1) is 14.8. The molecule has 1 aromatic heterocycles. The molecule has 0 saturated carbocycles. The van der Waals surface area contributed by atoms with Gasteiger partial charge in [-0.25, -0.2) is 13.4 Å². The number of ether oxygens (including phenoxy) is 1. The van der Waals surface area contributed by atoms with Gasteiger partial charge in [0.1, 0.15) is 5.75 Å². The largest absolute Gasteiger partial charge is 0.491 e. The first-order valence-corrected chi connectivity index (χ1v) is 12.2. The van der Waals surface area contributed by atoms with Crippen molar-refractivity contribution in [2.75, 3.05) is 19.6 Å². The van der Waals surface area contributed by atoms with Gasteiger partial charge in [0.2, 0.25) is 0 Å². The maximum absolute atomic E-state index is 13.0. The van der Waals surface area contributed by atoms with E-state index >= 15 is 0 Å². The predicted molar refractivity (Wildman–Crippen MR) is 119 cm³/mol. The number of nitrogens with zero attached hydrogens (tertiary/aromatic N) is 2. The minimum atomic E-state index is -3.65. The van der Waals surface area contributed by atoms with E-state index in [9.17, 15) is 13.2 Å². The van der Waals surface area contributed by atoms with E-state index in [4.69, 9.17) is 4.74 Å². The Morgan fingerprint density at radius 3 is 2.58 bits per heavy atom. The maximum Gasteiger partial charge on any atom is 0.260 e. The van der Waals surface area contributed by atoms with Crippen LogP contribution in [-0.4, -0.2) is 49.4 Å². The molecule has 31 heavy (non-hydrogen) atoms. The Kier molecular flexibility index (Phi) is 7.33. The van der Waals surface area contributed by atoms with E-state index in [0.717, 1.165) is 25.0 Å². The van der Waals surface area contributed by atoms with Crippen molar-refractivity contribution in [1.82, 2.24) is 14.6 Å². The first-order valence-electron chi connectivity index (χ1n) is 10.7. The number of benzene rings is 1. The van der Waals surface area contributed by atoms with Crippen LogP contribution in [0.5, 0.6) is 5.75 Å². The van der Waals surface area contributed by atoms with E-state index < -0.39 is 10.0 Å². The van der Waals surface area contributed by atoms with Gasteiger partial charge in [-0.2, -0.15) is 4.31 Å². The highest BCUT2D eigenvalue weighted by Gasteiger charge is 2.39. The molecule has 1 atom stereocenters. The molecule has 2 aromatic rings. The molecule has 1 fully saturated rings. The summed E-state index contributed by atoms with van der Waals surface area (Å²) in [6.45, 7) is 7.19. The Balaban J connectivity index is 1.67. The van der Waals surface area contributed by atoms with Gasteiger partial charge in [0.15, 0.2) is 5.03 Å². The molecule has 168 valence electrons. The van der Waals surface area contributed by atoms with Gasteiger partial charge in [-0.15, -0.1) is 0 Å². The van der Waals surface area contributed by atoms with Crippen molar-refractivity contribution in [3.8, 4) is 5.75 Å². The fourth-order valence-corrected chi connectivity index (χ4v) is 5.41. The van der Waals surface area contributed by atoms with E-state index in [0.29, 0.717) is 25.2 Å². The van der Waals surface area contributed by atoms with Crippen LogP contribution < -0.4 is 10.1 Å². The third-order valence-electron chi connectivity index (χ3n) is 5.73. The number of nitrogens with one attached hydrogen (secondary N) is 1. The number of carbonyl (C=O) groups is 1.